The minimum atomic E-state index is -0.647. The maximum atomic E-state index is 11.6. The van der Waals surface area contributed by atoms with Crippen LogP contribution in [0.4, 0.5) is 10.8 Å². The Kier molecular flexibility index (Phi) is 4.97. The van der Waals surface area contributed by atoms with E-state index < -0.39 is 5.97 Å². The van der Waals surface area contributed by atoms with Crippen molar-refractivity contribution in [3.8, 4) is 0 Å². The van der Waals surface area contributed by atoms with Gasteiger partial charge in [0.05, 0.1) is 17.8 Å². The van der Waals surface area contributed by atoms with Crippen molar-refractivity contribution in [3.05, 3.63) is 38.3 Å². The van der Waals surface area contributed by atoms with E-state index in [1.807, 2.05) is 6.07 Å². The van der Waals surface area contributed by atoms with Gasteiger partial charge in [-0.2, -0.15) is 0 Å². The molecule has 2 rings (SSSR count). The van der Waals surface area contributed by atoms with E-state index in [1.165, 1.54) is 14.0 Å². The standard InChI is InChI=1S/C13H10BrClN2O3S/c1-6(18)11-10(12(19)20-2)17-13(21-11)16-9-4-3-7(14)5-8(9)15/h3-5H,1-2H3,(H,16,17). The van der Waals surface area contributed by atoms with Crippen molar-refractivity contribution >= 4 is 61.4 Å². The first-order valence-electron chi connectivity index (χ1n) is 5.74. The number of thiazole rings is 1. The molecule has 0 amide bonds. The third kappa shape index (κ3) is 3.61. The van der Waals surface area contributed by atoms with Gasteiger partial charge in [-0.1, -0.05) is 38.9 Å². The number of methoxy groups -OCH3 is 1. The number of carbonyl (C=O) groups excluding carboxylic acids is 2. The molecule has 21 heavy (non-hydrogen) atoms. The summed E-state index contributed by atoms with van der Waals surface area (Å²) in [6, 6.07) is 5.30. The van der Waals surface area contributed by atoms with Crippen LogP contribution in [0.25, 0.3) is 0 Å². The number of nitrogens with one attached hydrogen (secondary N) is 1. The number of carbonyl (C=O) groups is 2. The Morgan fingerprint density at radius 3 is 2.71 bits per heavy atom. The van der Waals surface area contributed by atoms with E-state index in [9.17, 15) is 9.59 Å². The van der Waals surface area contributed by atoms with E-state index in [2.05, 4.69) is 31.0 Å². The molecule has 1 aromatic carbocycles. The lowest BCUT2D eigenvalue weighted by Gasteiger charge is -2.05. The van der Waals surface area contributed by atoms with E-state index >= 15 is 0 Å². The first-order chi connectivity index (χ1) is 9.92. The summed E-state index contributed by atoms with van der Waals surface area (Å²) in [4.78, 5) is 27.5. The molecule has 0 aliphatic carbocycles. The summed E-state index contributed by atoms with van der Waals surface area (Å²) in [6.07, 6.45) is 0. The van der Waals surface area contributed by atoms with Gasteiger partial charge in [0.2, 0.25) is 0 Å². The summed E-state index contributed by atoms with van der Waals surface area (Å²) in [5, 5.41) is 3.87. The molecule has 0 spiro atoms. The van der Waals surface area contributed by atoms with Gasteiger partial charge >= 0.3 is 5.97 Å². The largest absolute Gasteiger partial charge is 0.464 e. The monoisotopic (exact) mass is 388 g/mol. The zero-order chi connectivity index (χ0) is 15.6. The Bertz CT molecular complexity index is 717. The fourth-order valence-corrected chi connectivity index (χ4v) is 3.13. The normalized spacial score (nSPS) is 10.3. The Morgan fingerprint density at radius 2 is 2.14 bits per heavy atom. The van der Waals surface area contributed by atoms with E-state index in [0.29, 0.717) is 15.8 Å². The number of hydrogen-bond acceptors (Lipinski definition) is 6. The highest BCUT2D eigenvalue weighted by atomic mass is 79.9. The first-order valence-corrected chi connectivity index (χ1v) is 7.73. The number of nitrogens with zero attached hydrogens (tertiary/aromatic N) is 1. The van der Waals surface area contributed by atoms with Gasteiger partial charge in [-0.3, -0.25) is 4.79 Å². The summed E-state index contributed by atoms with van der Waals surface area (Å²) in [5.74, 6) is -0.894. The van der Waals surface area contributed by atoms with Gasteiger partial charge in [0, 0.05) is 11.4 Å². The van der Waals surface area contributed by atoms with Crippen molar-refractivity contribution in [1.29, 1.82) is 0 Å². The number of hydrogen-bond donors (Lipinski definition) is 1. The second-order valence-electron chi connectivity index (χ2n) is 3.99. The lowest BCUT2D eigenvalue weighted by atomic mass is 10.3. The average Bonchev–Trinajstić information content (AvgIpc) is 2.85. The van der Waals surface area contributed by atoms with E-state index in [1.54, 1.807) is 12.1 Å². The van der Waals surface area contributed by atoms with Crippen LogP contribution in [0.3, 0.4) is 0 Å². The predicted molar refractivity (Wildman–Crippen MR) is 85.9 cm³/mol. The second-order valence-corrected chi connectivity index (χ2v) is 6.32. The molecule has 5 nitrogen and oxygen atoms in total. The molecule has 2 aromatic rings. The topological polar surface area (TPSA) is 68.3 Å². The van der Waals surface area contributed by atoms with Crippen LogP contribution in [0.1, 0.15) is 27.1 Å². The number of ketones is 1. The Morgan fingerprint density at radius 1 is 1.43 bits per heavy atom. The summed E-state index contributed by atoms with van der Waals surface area (Å²) in [6.45, 7) is 1.37. The maximum Gasteiger partial charge on any atom is 0.358 e. The molecule has 0 saturated heterocycles. The van der Waals surface area contributed by atoms with Crippen LogP contribution in [0.15, 0.2) is 22.7 Å². The van der Waals surface area contributed by atoms with Crippen molar-refractivity contribution in [2.45, 2.75) is 6.92 Å². The van der Waals surface area contributed by atoms with Crippen molar-refractivity contribution in [2.24, 2.45) is 0 Å². The summed E-state index contributed by atoms with van der Waals surface area (Å²) < 4.78 is 5.47. The lowest BCUT2D eigenvalue weighted by molar-refractivity contribution is 0.0591. The van der Waals surface area contributed by atoms with Crippen LogP contribution >= 0.6 is 38.9 Å². The Labute approximate surface area is 138 Å². The minimum Gasteiger partial charge on any atom is -0.464 e. The summed E-state index contributed by atoms with van der Waals surface area (Å²) in [5.41, 5.74) is 0.630. The maximum absolute atomic E-state index is 11.6. The molecule has 1 N–H and O–H groups in total. The quantitative estimate of drug-likeness (QED) is 0.624. The Balaban J connectivity index is 2.37. The first kappa shape index (κ1) is 15.9. The van der Waals surface area contributed by atoms with Gasteiger partial charge in [0.1, 0.15) is 4.88 Å². The smallest absolute Gasteiger partial charge is 0.358 e. The van der Waals surface area contributed by atoms with Gasteiger partial charge in [-0.15, -0.1) is 0 Å². The molecule has 110 valence electrons. The molecule has 0 unspecified atom stereocenters. The molecule has 1 heterocycles. The van der Waals surface area contributed by atoms with Gasteiger partial charge in [-0.05, 0) is 18.2 Å². The third-order valence-corrected chi connectivity index (χ3v) is 4.38. The molecular weight excluding hydrogens is 380 g/mol. The molecule has 0 fully saturated rings. The zero-order valence-corrected chi connectivity index (χ0v) is 14.2. The van der Waals surface area contributed by atoms with E-state index in [4.69, 9.17) is 11.6 Å². The van der Waals surface area contributed by atoms with Crippen LogP contribution in [0.5, 0.6) is 0 Å². The van der Waals surface area contributed by atoms with Crippen molar-refractivity contribution in [3.63, 3.8) is 0 Å². The van der Waals surface area contributed by atoms with Crippen molar-refractivity contribution < 1.29 is 14.3 Å². The number of Topliss-reactive ketones (excluding diaryl/α,β-unsaturated/α-hetero) is 1. The van der Waals surface area contributed by atoms with Gasteiger partial charge in [0.15, 0.2) is 16.6 Å². The number of benzene rings is 1. The van der Waals surface area contributed by atoms with Crippen LogP contribution in [-0.4, -0.2) is 23.8 Å². The molecule has 0 bridgehead atoms. The van der Waals surface area contributed by atoms with Crippen LogP contribution in [-0.2, 0) is 4.74 Å². The molecule has 1 aromatic heterocycles. The lowest BCUT2D eigenvalue weighted by Crippen LogP contribution is -2.07. The summed E-state index contributed by atoms with van der Waals surface area (Å²) >= 11 is 10.5. The molecule has 0 aliphatic heterocycles. The van der Waals surface area contributed by atoms with Gasteiger partial charge in [0.25, 0.3) is 0 Å². The minimum absolute atomic E-state index is 0.00531. The fourth-order valence-electron chi connectivity index (χ4n) is 1.55. The summed E-state index contributed by atoms with van der Waals surface area (Å²) in [7, 11) is 1.24. The van der Waals surface area contributed by atoms with Crippen LogP contribution in [0.2, 0.25) is 5.02 Å². The van der Waals surface area contributed by atoms with Crippen LogP contribution in [0, 0.1) is 0 Å². The number of ether oxygens (including phenoxy) is 1. The molecule has 8 heteroatoms. The van der Waals surface area contributed by atoms with Crippen molar-refractivity contribution in [2.75, 3.05) is 12.4 Å². The van der Waals surface area contributed by atoms with Crippen molar-refractivity contribution in [1.82, 2.24) is 4.98 Å². The Hall–Kier alpha value is -1.44. The van der Waals surface area contributed by atoms with E-state index in [0.717, 1.165) is 15.8 Å². The number of anilines is 2. The predicted octanol–water partition coefficient (Wildman–Crippen LogP) is 4.29. The number of esters is 1. The zero-order valence-electron chi connectivity index (χ0n) is 11.1. The molecule has 0 radical (unpaired) electrons. The molecule has 0 aliphatic rings. The highest BCUT2D eigenvalue weighted by Gasteiger charge is 2.22. The van der Waals surface area contributed by atoms with Gasteiger partial charge < -0.3 is 10.1 Å². The number of rotatable bonds is 4. The molecular formula is C13H10BrClN2O3S. The SMILES string of the molecule is COC(=O)c1nc(Nc2ccc(Br)cc2Cl)sc1C(C)=O. The van der Waals surface area contributed by atoms with E-state index in [-0.39, 0.29) is 16.4 Å². The van der Waals surface area contributed by atoms with Crippen LogP contribution < -0.4 is 5.32 Å². The van der Waals surface area contributed by atoms with Gasteiger partial charge in [-0.25, -0.2) is 9.78 Å². The fraction of sp³-hybridized carbons (Fsp3) is 0.154. The average molecular weight is 390 g/mol. The number of halogens is 2. The molecule has 0 saturated carbocycles. The highest BCUT2D eigenvalue weighted by Crippen LogP contribution is 2.31. The number of aromatic nitrogens is 1. The second kappa shape index (κ2) is 6.55. The highest BCUT2D eigenvalue weighted by molar-refractivity contribution is 9.10. The third-order valence-electron chi connectivity index (χ3n) is 2.50. The molecule has 0 atom stereocenters.